The smallest absolute Gasteiger partial charge is 0.409 e. The Bertz CT molecular complexity index is 959. The molecule has 1 saturated heterocycles. The summed E-state index contributed by atoms with van der Waals surface area (Å²) in [7, 11) is -3.76. The lowest BCUT2D eigenvalue weighted by Gasteiger charge is -2.44. The lowest BCUT2D eigenvalue weighted by molar-refractivity contribution is 0.0759. The number of hydrogen-bond acceptors (Lipinski definition) is 3. The Morgan fingerprint density at radius 1 is 1.00 bits per heavy atom. The van der Waals surface area contributed by atoms with Crippen molar-refractivity contribution in [2.24, 2.45) is 11.8 Å². The summed E-state index contributed by atoms with van der Waals surface area (Å²) in [5, 5.41) is 2.59. The summed E-state index contributed by atoms with van der Waals surface area (Å²) in [5.74, 6) is 0.697. The number of carbonyl (C=O) groups excluding carboxylic acids is 1. The molecule has 0 N–H and O–H groups in total. The van der Waals surface area contributed by atoms with Crippen molar-refractivity contribution < 1.29 is 14.0 Å². The number of piperidine rings is 1. The highest BCUT2D eigenvalue weighted by atomic mass is 28.4. The predicted octanol–water partition coefficient (Wildman–Crippen LogP) is 6.55. The molecular weight excluding hydrogens is 491 g/mol. The molecule has 37 heavy (non-hydrogen) atoms. The molecule has 1 fully saturated rings. The van der Waals surface area contributed by atoms with Crippen molar-refractivity contribution >= 4 is 32.9 Å². The van der Waals surface area contributed by atoms with E-state index >= 15 is 0 Å². The highest BCUT2D eigenvalue weighted by molar-refractivity contribution is 6.99. The Balaban J connectivity index is 1.69. The summed E-state index contributed by atoms with van der Waals surface area (Å²) in [6.07, 6.45) is 3.76. The van der Waals surface area contributed by atoms with E-state index in [2.05, 4.69) is 108 Å². The summed E-state index contributed by atoms with van der Waals surface area (Å²) in [5.41, 5.74) is 0. The molecular formula is C31H47NO3Si2. The van der Waals surface area contributed by atoms with Crippen LogP contribution in [0.4, 0.5) is 4.79 Å². The van der Waals surface area contributed by atoms with Gasteiger partial charge in [0.05, 0.1) is 6.61 Å². The standard InChI is InChI=1S/C31H47NO3Si2/c1-8-26-25-32(30(33)34-23-24-36(5,6)7)21-19-27(26)20-22-35-37(31(2,3)4,28-15-11-9-12-16-28)29-17-13-10-14-18-29/h8-18,26-27H,1,19-25H2,2-7H3/t26-,27-/m0/s1. The zero-order valence-corrected chi connectivity index (χ0v) is 25.8. The molecule has 2 aromatic carbocycles. The molecule has 3 rings (SSSR count). The van der Waals surface area contributed by atoms with Crippen molar-refractivity contribution in [2.45, 2.75) is 64.3 Å². The van der Waals surface area contributed by atoms with E-state index in [1.807, 2.05) is 11.0 Å². The molecule has 1 heterocycles. The molecule has 0 bridgehead atoms. The fourth-order valence-corrected chi connectivity index (χ4v) is 10.8. The second kappa shape index (κ2) is 12.6. The van der Waals surface area contributed by atoms with Crippen LogP contribution in [0.3, 0.4) is 0 Å². The van der Waals surface area contributed by atoms with Crippen molar-refractivity contribution in [3.8, 4) is 0 Å². The maximum absolute atomic E-state index is 12.7. The van der Waals surface area contributed by atoms with Gasteiger partial charge in [-0.05, 0) is 46.1 Å². The first kappa shape index (κ1) is 29.4. The van der Waals surface area contributed by atoms with E-state index in [4.69, 9.17) is 9.16 Å². The number of nitrogens with zero attached hydrogens (tertiary/aromatic N) is 1. The number of carbonyl (C=O) groups is 1. The van der Waals surface area contributed by atoms with Crippen LogP contribution in [-0.4, -0.2) is 53.7 Å². The highest BCUT2D eigenvalue weighted by Crippen LogP contribution is 2.37. The van der Waals surface area contributed by atoms with Crippen LogP contribution in [0.5, 0.6) is 0 Å². The summed E-state index contributed by atoms with van der Waals surface area (Å²) < 4.78 is 12.7. The van der Waals surface area contributed by atoms with E-state index in [1.165, 1.54) is 10.4 Å². The molecule has 1 amide bonds. The van der Waals surface area contributed by atoms with E-state index in [1.54, 1.807) is 0 Å². The van der Waals surface area contributed by atoms with Crippen molar-refractivity contribution in [1.82, 2.24) is 4.90 Å². The van der Waals surface area contributed by atoms with Gasteiger partial charge in [0.1, 0.15) is 0 Å². The first-order valence-corrected chi connectivity index (χ1v) is 19.4. The number of ether oxygens (including phenoxy) is 1. The Morgan fingerprint density at radius 3 is 2.05 bits per heavy atom. The van der Waals surface area contributed by atoms with Crippen molar-refractivity contribution in [3.05, 3.63) is 73.3 Å². The first-order valence-electron chi connectivity index (χ1n) is 13.8. The first-order chi connectivity index (χ1) is 17.5. The zero-order chi connectivity index (χ0) is 27.1. The minimum Gasteiger partial charge on any atom is -0.450 e. The average molecular weight is 538 g/mol. The van der Waals surface area contributed by atoms with Gasteiger partial charge in [-0.3, -0.25) is 0 Å². The monoisotopic (exact) mass is 537 g/mol. The molecule has 0 radical (unpaired) electrons. The highest BCUT2D eigenvalue weighted by Gasteiger charge is 2.50. The quantitative estimate of drug-likeness (QED) is 0.255. The lowest BCUT2D eigenvalue weighted by Crippen LogP contribution is -2.66. The maximum atomic E-state index is 12.7. The van der Waals surface area contributed by atoms with E-state index < -0.39 is 16.4 Å². The van der Waals surface area contributed by atoms with Gasteiger partial charge >= 0.3 is 6.09 Å². The largest absolute Gasteiger partial charge is 0.450 e. The predicted molar refractivity (Wildman–Crippen MR) is 161 cm³/mol. The van der Waals surface area contributed by atoms with Crippen LogP contribution in [0.1, 0.15) is 33.6 Å². The second-order valence-electron chi connectivity index (χ2n) is 12.6. The lowest BCUT2D eigenvalue weighted by atomic mass is 9.83. The molecule has 2 atom stereocenters. The molecule has 1 aliphatic rings. The Kier molecular flexibility index (Phi) is 10.0. The fraction of sp³-hybridized carbons (Fsp3) is 0.516. The van der Waals surface area contributed by atoms with Crippen molar-refractivity contribution in [2.75, 3.05) is 26.3 Å². The van der Waals surface area contributed by atoms with Gasteiger partial charge in [0.25, 0.3) is 8.32 Å². The number of benzene rings is 2. The number of amides is 1. The van der Waals surface area contributed by atoms with E-state index in [9.17, 15) is 4.79 Å². The summed E-state index contributed by atoms with van der Waals surface area (Å²) >= 11 is 0. The van der Waals surface area contributed by atoms with Gasteiger partial charge < -0.3 is 14.1 Å². The normalized spacial score (nSPS) is 18.9. The van der Waals surface area contributed by atoms with Crippen LogP contribution in [-0.2, 0) is 9.16 Å². The molecule has 0 saturated carbocycles. The molecule has 2 aromatic rings. The van der Waals surface area contributed by atoms with Crippen LogP contribution < -0.4 is 10.4 Å². The van der Waals surface area contributed by atoms with Crippen LogP contribution in [0, 0.1) is 11.8 Å². The van der Waals surface area contributed by atoms with Gasteiger partial charge in [-0.2, -0.15) is 0 Å². The average Bonchev–Trinajstić information content (AvgIpc) is 2.86. The van der Waals surface area contributed by atoms with Crippen LogP contribution in [0.15, 0.2) is 73.3 Å². The van der Waals surface area contributed by atoms with Crippen LogP contribution in [0.25, 0.3) is 0 Å². The van der Waals surface area contributed by atoms with Crippen LogP contribution >= 0.6 is 0 Å². The van der Waals surface area contributed by atoms with Gasteiger partial charge in [-0.25, -0.2) is 4.79 Å². The molecule has 6 heteroatoms. The Morgan fingerprint density at radius 2 is 1.57 bits per heavy atom. The molecule has 1 aliphatic heterocycles. The molecule has 0 aliphatic carbocycles. The van der Waals surface area contributed by atoms with Gasteiger partial charge in [0.2, 0.25) is 0 Å². The van der Waals surface area contributed by atoms with Crippen molar-refractivity contribution in [3.63, 3.8) is 0 Å². The van der Waals surface area contributed by atoms with E-state index in [-0.39, 0.29) is 17.0 Å². The molecule has 4 nitrogen and oxygen atoms in total. The van der Waals surface area contributed by atoms with Crippen LogP contribution in [0.2, 0.25) is 30.7 Å². The number of hydrogen-bond donors (Lipinski definition) is 0. The summed E-state index contributed by atoms with van der Waals surface area (Å²) in [6, 6.07) is 22.6. The van der Waals surface area contributed by atoms with Gasteiger partial charge in [-0.1, -0.05) is 107 Å². The number of rotatable bonds is 10. The third-order valence-corrected chi connectivity index (χ3v) is 14.4. The molecule has 202 valence electrons. The van der Waals surface area contributed by atoms with Gasteiger partial charge in [0.15, 0.2) is 0 Å². The number of likely N-dealkylation sites (tertiary alicyclic amines) is 1. The third-order valence-electron chi connectivity index (χ3n) is 7.67. The Labute approximate surface area is 227 Å². The fourth-order valence-electron chi connectivity index (χ4n) is 5.48. The third kappa shape index (κ3) is 7.46. The van der Waals surface area contributed by atoms with Crippen molar-refractivity contribution in [1.29, 1.82) is 0 Å². The minimum atomic E-state index is -2.54. The van der Waals surface area contributed by atoms with Gasteiger partial charge in [0, 0.05) is 27.8 Å². The minimum absolute atomic E-state index is 0.0312. The summed E-state index contributed by atoms with van der Waals surface area (Å²) in [6.45, 7) is 20.6. The topological polar surface area (TPSA) is 38.8 Å². The van der Waals surface area contributed by atoms with E-state index in [0.29, 0.717) is 25.7 Å². The van der Waals surface area contributed by atoms with E-state index in [0.717, 1.165) is 25.4 Å². The maximum Gasteiger partial charge on any atom is 0.409 e. The van der Waals surface area contributed by atoms with Gasteiger partial charge in [-0.15, -0.1) is 6.58 Å². The summed E-state index contributed by atoms with van der Waals surface area (Å²) in [4.78, 5) is 14.6. The second-order valence-corrected chi connectivity index (χ2v) is 22.5. The SMILES string of the molecule is C=C[C@H]1CN(C(=O)OCC[Si](C)(C)C)CC[C@H]1CCO[Si](c1ccccc1)(c1ccccc1)C(C)(C)C. The Hall–Kier alpha value is -2.16. The molecule has 0 spiro atoms. The molecule has 0 aromatic heterocycles. The molecule has 0 unspecified atom stereocenters. The zero-order valence-electron chi connectivity index (χ0n) is 23.8.